The first-order valence-corrected chi connectivity index (χ1v) is 11.6. The van der Waals surface area contributed by atoms with Gasteiger partial charge in [0.15, 0.2) is 0 Å². The Morgan fingerprint density at radius 1 is 1.17 bits per heavy atom. The van der Waals surface area contributed by atoms with Crippen molar-refractivity contribution in [3.05, 3.63) is 79.4 Å². The summed E-state index contributed by atoms with van der Waals surface area (Å²) >= 11 is 0. The molecule has 0 aliphatic carbocycles. The van der Waals surface area contributed by atoms with Gasteiger partial charge in [0.05, 0.1) is 41.4 Å². The summed E-state index contributed by atoms with van der Waals surface area (Å²) in [5, 5.41) is 10.2. The smallest absolute Gasteiger partial charge is 0.247 e. The molecule has 10 heteroatoms. The molecule has 182 valence electrons. The molecular formula is C26H26N8O2. The molecule has 2 atom stereocenters. The molecule has 1 amide bonds. The molecule has 0 saturated carbocycles. The molecule has 1 aromatic carbocycles. The van der Waals surface area contributed by atoms with E-state index in [1.54, 1.807) is 30.7 Å². The SMILES string of the molecule is C=CC(=O)Nc1ccnc(-c2cccc3cnc(Nc4ccc([C@H]5OCCNC5CN)nc4)nc23)c1. The molecule has 5 rings (SSSR count). The first-order valence-electron chi connectivity index (χ1n) is 11.6. The highest BCUT2D eigenvalue weighted by Gasteiger charge is 2.27. The number of fused-ring (bicyclic) bond motifs is 1. The lowest BCUT2D eigenvalue weighted by atomic mass is 10.1. The lowest BCUT2D eigenvalue weighted by Gasteiger charge is -2.31. The first-order chi connectivity index (χ1) is 17.6. The molecule has 36 heavy (non-hydrogen) atoms. The Kier molecular flexibility index (Phi) is 6.89. The van der Waals surface area contributed by atoms with E-state index < -0.39 is 0 Å². The minimum atomic E-state index is -0.289. The van der Waals surface area contributed by atoms with Crippen LogP contribution >= 0.6 is 0 Å². The first kappa shape index (κ1) is 23.5. The molecule has 3 aromatic heterocycles. The topological polar surface area (TPSA) is 140 Å². The second kappa shape index (κ2) is 10.6. The quantitative estimate of drug-likeness (QED) is 0.293. The van der Waals surface area contributed by atoms with Gasteiger partial charge >= 0.3 is 0 Å². The number of morpholine rings is 1. The fourth-order valence-corrected chi connectivity index (χ4v) is 4.10. The van der Waals surface area contributed by atoms with Gasteiger partial charge in [0.25, 0.3) is 0 Å². The zero-order chi connectivity index (χ0) is 24.9. The number of benzene rings is 1. The minimum Gasteiger partial charge on any atom is -0.369 e. The monoisotopic (exact) mass is 482 g/mol. The van der Waals surface area contributed by atoms with Gasteiger partial charge < -0.3 is 26.4 Å². The predicted molar refractivity (Wildman–Crippen MR) is 139 cm³/mol. The number of aromatic nitrogens is 4. The van der Waals surface area contributed by atoms with Gasteiger partial charge in [0.1, 0.15) is 6.10 Å². The van der Waals surface area contributed by atoms with Crippen LogP contribution in [0.25, 0.3) is 22.2 Å². The number of rotatable bonds is 7. The predicted octanol–water partition coefficient (Wildman–Crippen LogP) is 2.94. The largest absolute Gasteiger partial charge is 0.369 e. The summed E-state index contributed by atoms with van der Waals surface area (Å²) in [6.07, 6.45) is 6.17. The standard InChI is InChI=1S/C26H26N8O2/c1-2-23(35)32-17-8-9-28-21(12-17)19-5-3-4-16-14-31-26(34-24(16)19)33-18-6-7-20(30-15-18)25-22(13-27)29-10-11-36-25/h2-9,12,14-15,22,25,29H,1,10-11,13,27H2,(H,28,32,35)(H,31,33,34)/t22?,25-/m1/s1. The van der Waals surface area contributed by atoms with Crippen molar-refractivity contribution < 1.29 is 9.53 Å². The summed E-state index contributed by atoms with van der Waals surface area (Å²) in [5.41, 5.74) is 10.3. The minimum absolute atomic E-state index is 0.0319. The third-order valence-electron chi connectivity index (χ3n) is 5.86. The van der Waals surface area contributed by atoms with Gasteiger partial charge in [0, 0.05) is 42.1 Å². The number of carbonyl (C=O) groups is 1. The van der Waals surface area contributed by atoms with Crippen LogP contribution in [0.1, 0.15) is 11.8 Å². The zero-order valence-electron chi connectivity index (χ0n) is 19.5. The van der Waals surface area contributed by atoms with Crippen molar-refractivity contribution in [2.24, 2.45) is 5.73 Å². The molecule has 4 aromatic rings. The molecule has 0 bridgehead atoms. The Morgan fingerprint density at radius 3 is 2.89 bits per heavy atom. The van der Waals surface area contributed by atoms with Gasteiger partial charge in [-0.1, -0.05) is 24.8 Å². The number of amides is 1. The highest BCUT2D eigenvalue weighted by molar-refractivity contribution is 5.99. The van der Waals surface area contributed by atoms with Crippen LogP contribution in [0.15, 0.2) is 73.7 Å². The molecule has 5 N–H and O–H groups in total. The number of hydrogen-bond acceptors (Lipinski definition) is 9. The maximum atomic E-state index is 11.7. The highest BCUT2D eigenvalue weighted by atomic mass is 16.5. The Hall–Kier alpha value is -4.25. The molecule has 4 heterocycles. The van der Waals surface area contributed by atoms with Crippen molar-refractivity contribution in [1.82, 2.24) is 25.3 Å². The number of carbonyl (C=O) groups excluding carboxylic acids is 1. The van der Waals surface area contributed by atoms with Crippen LogP contribution in [-0.4, -0.2) is 51.6 Å². The fourth-order valence-electron chi connectivity index (χ4n) is 4.10. The van der Waals surface area contributed by atoms with Crippen LogP contribution in [-0.2, 0) is 9.53 Å². The summed E-state index contributed by atoms with van der Waals surface area (Å²) in [6, 6.07) is 13.2. The molecule has 10 nitrogen and oxygen atoms in total. The summed E-state index contributed by atoms with van der Waals surface area (Å²) in [4.78, 5) is 30.0. The molecule has 1 saturated heterocycles. The Morgan fingerprint density at radius 2 is 2.08 bits per heavy atom. The van der Waals surface area contributed by atoms with Crippen molar-refractivity contribution in [2.45, 2.75) is 12.1 Å². The van der Waals surface area contributed by atoms with Crippen molar-refractivity contribution in [3.8, 4) is 11.3 Å². The van der Waals surface area contributed by atoms with E-state index in [0.29, 0.717) is 30.5 Å². The number of nitrogens with one attached hydrogen (secondary N) is 3. The van der Waals surface area contributed by atoms with Gasteiger partial charge in [-0.25, -0.2) is 9.97 Å². The molecule has 1 fully saturated rings. The second-order valence-corrected chi connectivity index (χ2v) is 8.24. The van der Waals surface area contributed by atoms with E-state index in [4.69, 9.17) is 15.5 Å². The maximum absolute atomic E-state index is 11.7. The second-order valence-electron chi connectivity index (χ2n) is 8.24. The third kappa shape index (κ3) is 5.05. The van der Waals surface area contributed by atoms with Crippen LogP contribution in [0.4, 0.5) is 17.3 Å². The number of para-hydroxylation sites is 1. The molecule has 0 spiro atoms. The van der Waals surface area contributed by atoms with Gasteiger partial charge in [-0.3, -0.25) is 14.8 Å². The molecule has 1 unspecified atom stereocenters. The van der Waals surface area contributed by atoms with E-state index >= 15 is 0 Å². The summed E-state index contributed by atoms with van der Waals surface area (Å²) < 4.78 is 5.88. The van der Waals surface area contributed by atoms with Crippen LogP contribution in [0.2, 0.25) is 0 Å². The maximum Gasteiger partial charge on any atom is 0.247 e. The van der Waals surface area contributed by atoms with E-state index in [1.165, 1.54) is 6.08 Å². The lowest BCUT2D eigenvalue weighted by Crippen LogP contribution is -2.48. The number of nitrogens with zero attached hydrogens (tertiary/aromatic N) is 4. The summed E-state index contributed by atoms with van der Waals surface area (Å²) in [5.74, 6) is 0.138. The van der Waals surface area contributed by atoms with Crippen molar-refractivity contribution in [1.29, 1.82) is 0 Å². The van der Waals surface area contributed by atoms with E-state index in [2.05, 4.69) is 37.5 Å². The molecule has 1 aliphatic heterocycles. The fraction of sp³-hybridized carbons (Fsp3) is 0.192. The summed E-state index contributed by atoms with van der Waals surface area (Å²) in [7, 11) is 0. The normalized spacial score (nSPS) is 17.5. The van der Waals surface area contributed by atoms with Crippen LogP contribution in [0.5, 0.6) is 0 Å². The Balaban J connectivity index is 1.40. The lowest BCUT2D eigenvalue weighted by molar-refractivity contribution is -0.111. The van der Waals surface area contributed by atoms with Crippen LogP contribution in [0.3, 0.4) is 0 Å². The molecular weight excluding hydrogens is 456 g/mol. The number of pyridine rings is 2. The number of anilines is 3. The van der Waals surface area contributed by atoms with Crippen LogP contribution in [0, 0.1) is 0 Å². The van der Waals surface area contributed by atoms with Gasteiger partial charge in [-0.05, 0) is 30.3 Å². The number of nitrogens with two attached hydrogens (primary N) is 1. The van der Waals surface area contributed by atoms with Crippen molar-refractivity contribution in [3.63, 3.8) is 0 Å². The Bertz CT molecular complexity index is 1390. The highest BCUT2D eigenvalue weighted by Crippen LogP contribution is 2.29. The van der Waals surface area contributed by atoms with E-state index in [-0.39, 0.29) is 18.1 Å². The molecule has 0 radical (unpaired) electrons. The number of ether oxygens (including phenoxy) is 1. The van der Waals surface area contributed by atoms with Gasteiger partial charge in [-0.2, -0.15) is 0 Å². The van der Waals surface area contributed by atoms with Gasteiger partial charge in [-0.15, -0.1) is 0 Å². The zero-order valence-corrected chi connectivity index (χ0v) is 19.5. The van der Waals surface area contributed by atoms with Crippen LogP contribution < -0.4 is 21.7 Å². The third-order valence-corrected chi connectivity index (χ3v) is 5.86. The average Bonchev–Trinajstić information content (AvgIpc) is 2.93. The number of hydrogen-bond donors (Lipinski definition) is 4. The van der Waals surface area contributed by atoms with Crippen molar-refractivity contribution >= 4 is 34.1 Å². The Labute approximate surface area is 208 Å². The van der Waals surface area contributed by atoms with E-state index in [9.17, 15) is 4.79 Å². The van der Waals surface area contributed by atoms with E-state index in [1.807, 2.05) is 30.3 Å². The molecule has 1 aliphatic rings. The van der Waals surface area contributed by atoms with E-state index in [0.717, 1.165) is 34.4 Å². The van der Waals surface area contributed by atoms with Gasteiger partial charge in [0.2, 0.25) is 11.9 Å². The average molecular weight is 483 g/mol. The van der Waals surface area contributed by atoms with Crippen molar-refractivity contribution in [2.75, 3.05) is 30.3 Å². The summed E-state index contributed by atoms with van der Waals surface area (Å²) in [6.45, 7) is 5.36.